The van der Waals surface area contributed by atoms with Crippen LogP contribution in [0, 0.1) is 5.41 Å². The van der Waals surface area contributed by atoms with Gasteiger partial charge in [0.05, 0.1) is 18.6 Å². The van der Waals surface area contributed by atoms with Crippen LogP contribution in [-0.4, -0.2) is 54.9 Å². The van der Waals surface area contributed by atoms with Gasteiger partial charge in [-0.3, -0.25) is 9.59 Å². The van der Waals surface area contributed by atoms with E-state index in [-0.39, 0.29) is 29.8 Å². The molecule has 35 heavy (non-hydrogen) atoms. The number of hydrogen-bond donors (Lipinski definition) is 1. The van der Waals surface area contributed by atoms with Gasteiger partial charge in [-0.15, -0.1) is 12.4 Å². The maximum Gasteiger partial charge on any atom is 0.229 e. The summed E-state index contributed by atoms with van der Waals surface area (Å²) in [6, 6.07) is 18.2. The van der Waals surface area contributed by atoms with Gasteiger partial charge >= 0.3 is 0 Å². The van der Waals surface area contributed by atoms with Gasteiger partial charge in [0.25, 0.3) is 0 Å². The van der Waals surface area contributed by atoms with Gasteiger partial charge in [0.1, 0.15) is 5.75 Å². The molecule has 2 aliphatic rings. The van der Waals surface area contributed by atoms with Crippen LogP contribution >= 0.6 is 12.4 Å². The number of methoxy groups -OCH3 is 1. The highest BCUT2D eigenvalue weighted by Gasteiger charge is 2.47. The zero-order chi connectivity index (χ0) is 24.0. The number of carbonyl (C=O) groups is 2. The highest BCUT2D eigenvalue weighted by molar-refractivity contribution is 5.85. The highest BCUT2D eigenvalue weighted by Crippen LogP contribution is 2.42. The van der Waals surface area contributed by atoms with Crippen LogP contribution in [0.25, 0.3) is 0 Å². The Hall–Kier alpha value is -2.57. The average molecular weight is 500 g/mol. The Morgan fingerprint density at radius 1 is 1.03 bits per heavy atom. The van der Waals surface area contributed by atoms with Crippen molar-refractivity contribution in [1.82, 2.24) is 15.1 Å². The topological polar surface area (TPSA) is 61.9 Å². The number of halogens is 1. The third kappa shape index (κ3) is 6.56. The molecule has 7 heteroatoms. The summed E-state index contributed by atoms with van der Waals surface area (Å²) in [5, 5.41) is 3.18. The quantitative estimate of drug-likeness (QED) is 0.548. The van der Waals surface area contributed by atoms with Crippen LogP contribution in [-0.2, 0) is 16.1 Å². The van der Waals surface area contributed by atoms with Crippen LogP contribution in [0.1, 0.15) is 56.2 Å². The van der Waals surface area contributed by atoms with Gasteiger partial charge < -0.3 is 19.9 Å². The number of ether oxygens (including phenoxy) is 1. The number of piperidine rings is 1. The van der Waals surface area contributed by atoms with Gasteiger partial charge in [-0.2, -0.15) is 0 Å². The molecule has 190 valence electrons. The van der Waals surface area contributed by atoms with Gasteiger partial charge in [-0.25, -0.2) is 0 Å². The van der Waals surface area contributed by atoms with Crippen LogP contribution in [0.15, 0.2) is 54.6 Å². The molecule has 1 N–H and O–H groups in total. The zero-order valence-corrected chi connectivity index (χ0v) is 21.7. The molecular weight excluding hydrogens is 462 g/mol. The predicted molar refractivity (Wildman–Crippen MR) is 141 cm³/mol. The van der Waals surface area contributed by atoms with Crippen molar-refractivity contribution in [1.29, 1.82) is 0 Å². The number of amides is 2. The molecule has 0 aliphatic carbocycles. The van der Waals surface area contributed by atoms with Crippen molar-refractivity contribution in [3.05, 3.63) is 65.7 Å². The second-order valence-electron chi connectivity index (χ2n) is 9.62. The number of rotatable bonds is 9. The molecule has 4 rings (SSSR count). The Morgan fingerprint density at radius 3 is 2.31 bits per heavy atom. The lowest BCUT2D eigenvalue weighted by molar-refractivity contribution is -0.139. The fourth-order valence-corrected chi connectivity index (χ4v) is 5.28. The summed E-state index contributed by atoms with van der Waals surface area (Å²) in [6.45, 7) is 6.19. The monoisotopic (exact) mass is 499 g/mol. The van der Waals surface area contributed by atoms with E-state index in [2.05, 4.69) is 22.3 Å². The lowest BCUT2D eigenvalue weighted by Gasteiger charge is -2.38. The van der Waals surface area contributed by atoms with Crippen molar-refractivity contribution in [3.63, 3.8) is 0 Å². The van der Waals surface area contributed by atoms with Crippen molar-refractivity contribution < 1.29 is 14.3 Å². The maximum absolute atomic E-state index is 13.4. The molecule has 0 bridgehead atoms. The minimum atomic E-state index is -0.196. The van der Waals surface area contributed by atoms with Crippen LogP contribution in [0.4, 0.5) is 0 Å². The Morgan fingerprint density at radius 2 is 1.69 bits per heavy atom. The molecule has 0 radical (unpaired) electrons. The summed E-state index contributed by atoms with van der Waals surface area (Å²) < 4.78 is 5.24. The number of benzene rings is 2. The van der Waals surface area contributed by atoms with Crippen molar-refractivity contribution >= 4 is 24.2 Å². The van der Waals surface area contributed by atoms with E-state index in [1.807, 2.05) is 54.3 Å². The molecule has 0 unspecified atom stereocenters. The van der Waals surface area contributed by atoms with E-state index in [4.69, 9.17) is 4.74 Å². The minimum Gasteiger partial charge on any atom is -0.497 e. The average Bonchev–Trinajstić information content (AvgIpc) is 3.18. The van der Waals surface area contributed by atoms with Crippen LogP contribution in [0.2, 0.25) is 0 Å². The molecule has 0 saturated carbocycles. The van der Waals surface area contributed by atoms with Crippen LogP contribution < -0.4 is 10.1 Å². The second-order valence-corrected chi connectivity index (χ2v) is 9.62. The Bertz CT molecular complexity index is 959. The van der Waals surface area contributed by atoms with Crippen molar-refractivity contribution in [3.8, 4) is 5.75 Å². The summed E-state index contributed by atoms with van der Waals surface area (Å²) in [5.74, 6) is 1.24. The zero-order valence-electron chi connectivity index (χ0n) is 20.9. The first kappa shape index (κ1) is 27.0. The molecule has 2 heterocycles. The lowest BCUT2D eigenvalue weighted by atomic mass is 9.77. The van der Waals surface area contributed by atoms with Crippen LogP contribution in [0.5, 0.6) is 5.75 Å². The molecule has 1 spiro atoms. The number of carbonyl (C=O) groups excluding carboxylic acids is 2. The standard InChI is InChI=1S/C28H37N3O3.ClH/c1-3-26(32)29-25(23-7-5-4-6-8-23)13-17-30-18-14-28(15-19-30)16-20-31(27(28)33)21-22-9-11-24(34-2)12-10-22;/h4-12,25H,3,13-21H2,1-2H3,(H,29,32);1H/t25-;/m0./s1. The Balaban J connectivity index is 0.00000342. The van der Waals surface area contributed by atoms with Gasteiger partial charge in [-0.05, 0) is 62.0 Å². The molecule has 1 atom stereocenters. The Labute approximate surface area is 215 Å². The molecule has 0 aromatic heterocycles. The molecular formula is C28H38ClN3O3. The summed E-state index contributed by atoms with van der Waals surface area (Å²) in [5.41, 5.74) is 2.10. The van der Waals surface area contributed by atoms with Gasteiger partial charge in [0, 0.05) is 26.1 Å². The van der Waals surface area contributed by atoms with E-state index in [1.165, 1.54) is 0 Å². The van der Waals surface area contributed by atoms with Crippen LogP contribution in [0.3, 0.4) is 0 Å². The highest BCUT2D eigenvalue weighted by atomic mass is 35.5. The minimum absolute atomic E-state index is 0. The smallest absolute Gasteiger partial charge is 0.229 e. The first-order valence-corrected chi connectivity index (χ1v) is 12.5. The van der Waals surface area contributed by atoms with E-state index in [0.717, 1.165) is 68.7 Å². The lowest BCUT2D eigenvalue weighted by Crippen LogP contribution is -2.45. The van der Waals surface area contributed by atoms with Gasteiger partial charge in [0.2, 0.25) is 11.8 Å². The first-order chi connectivity index (χ1) is 16.5. The van der Waals surface area contributed by atoms with Gasteiger partial charge in [-0.1, -0.05) is 49.4 Å². The van der Waals surface area contributed by atoms with Crippen molar-refractivity contribution in [2.24, 2.45) is 5.41 Å². The predicted octanol–water partition coefficient (Wildman–Crippen LogP) is 4.59. The molecule has 2 fully saturated rings. The number of likely N-dealkylation sites (tertiary alicyclic amines) is 2. The van der Waals surface area contributed by atoms with E-state index in [0.29, 0.717) is 18.9 Å². The first-order valence-electron chi connectivity index (χ1n) is 12.5. The van der Waals surface area contributed by atoms with E-state index in [1.54, 1.807) is 7.11 Å². The van der Waals surface area contributed by atoms with Gasteiger partial charge in [0.15, 0.2) is 0 Å². The van der Waals surface area contributed by atoms with E-state index in [9.17, 15) is 9.59 Å². The van der Waals surface area contributed by atoms with Crippen molar-refractivity contribution in [2.75, 3.05) is 33.3 Å². The summed E-state index contributed by atoms with van der Waals surface area (Å²) in [7, 11) is 1.66. The van der Waals surface area contributed by atoms with E-state index < -0.39 is 0 Å². The molecule has 2 amide bonds. The SMILES string of the molecule is CCC(=O)N[C@@H](CCN1CCC2(CC1)CCN(Cc1ccc(OC)cc1)C2=O)c1ccccc1.Cl. The van der Waals surface area contributed by atoms with E-state index >= 15 is 0 Å². The summed E-state index contributed by atoms with van der Waals surface area (Å²) in [4.78, 5) is 29.9. The number of nitrogens with zero attached hydrogens (tertiary/aromatic N) is 2. The largest absolute Gasteiger partial charge is 0.497 e. The molecule has 2 aromatic rings. The maximum atomic E-state index is 13.4. The van der Waals surface area contributed by atoms with Crippen molar-refractivity contribution in [2.45, 2.75) is 51.6 Å². The molecule has 2 saturated heterocycles. The fraction of sp³-hybridized carbons (Fsp3) is 0.500. The number of hydrogen-bond acceptors (Lipinski definition) is 4. The summed E-state index contributed by atoms with van der Waals surface area (Å²) in [6.07, 6.45) is 4.16. The molecule has 6 nitrogen and oxygen atoms in total. The second kappa shape index (κ2) is 12.4. The number of nitrogens with one attached hydrogen (secondary N) is 1. The third-order valence-corrected chi connectivity index (χ3v) is 7.54. The molecule has 2 aliphatic heterocycles. The fourth-order valence-electron chi connectivity index (χ4n) is 5.28. The summed E-state index contributed by atoms with van der Waals surface area (Å²) >= 11 is 0. The normalized spacial score (nSPS) is 18.2. The molecule has 2 aromatic carbocycles. The third-order valence-electron chi connectivity index (χ3n) is 7.54. The Kier molecular flexibility index (Phi) is 9.58.